The van der Waals surface area contributed by atoms with E-state index in [9.17, 15) is 4.79 Å². The molecule has 1 N–H and O–H groups in total. The number of nitrogens with one attached hydrogen (secondary N) is 1. The number of carbonyl (C=O) groups excluding carboxylic acids is 1. The van der Waals surface area contributed by atoms with Gasteiger partial charge in [-0.05, 0) is 52.3 Å². The Balaban J connectivity index is 2.21. The summed E-state index contributed by atoms with van der Waals surface area (Å²) in [5, 5.41) is 12.2. The first-order valence-electron chi connectivity index (χ1n) is 5.47. The molecule has 0 aliphatic heterocycles. The molecule has 0 radical (unpaired) electrons. The van der Waals surface area contributed by atoms with Crippen molar-refractivity contribution in [2.45, 2.75) is 0 Å². The molecule has 6 heteroatoms. The molecule has 2 rings (SSSR count). The Morgan fingerprint density at radius 1 is 1.15 bits per heavy atom. The summed E-state index contributed by atoms with van der Waals surface area (Å²) in [4.78, 5) is 12.1. The highest BCUT2D eigenvalue weighted by Crippen LogP contribution is 2.24. The van der Waals surface area contributed by atoms with E-state index < -0.39 is 0 Å². The van der Waals surface area contributed by atoms with E-state index in [-0.39, 0.29) is 5.91 Å². The maximum absolute atomic E-state index is 12.1. The number of carbonyl (C=O) groups is 1. The molecule has 2 aromatic carbocycles. The van der Waals surface area contributed by atoms with Crippen LogP contribution < -0.4 is 5.32 Å². The van der Waals surface area contributed by atoms with E-state index in [1.165, 1.54) is 6.07 Å². The predicted octanol–water partition coefficient (Wildman–Crippen LogP) is 4.88. The first-order chi connectivity index (χ1) is 9.51. The summed E-state index contributed by atoms with van der Waals surface area (Å²) in [7, 11) is 0. The fraction of sp³-hybridized carbons (Fsp3) is 0. The lowest BCUT2D eigenvalue weighted by molar-refractivity contribution is 0.102. The number of amides is 1. The zero-order valence-corrected chi connectivity index (χ0v) is 13.1. The smallest absolute Gasteiger partial charge is 0.255 e. The minimum atomic E-state index is -0.305. The van der Waals surface area contributed by atoms with Crippen LogP contribution in [0, 0.1) is 11.3 Å². The van der Waals surface area contributed by atoms with Gasteiger partial charge in [0.1, 0.15) is 6.07 Å². The average Bonchev–Trinajstić information content (AvgIpc) is 2.42. The van der Waals surface area contributed by atoms with Crippen molar-refractivity contribution in [3.05, 3.63) is 62.0 Å². The molecule has 2 aromatic rings. The molecule has 0 heterocycles. The largest absolute Gasteiger partial charge is 0.322 e. The molecule has 0 atom stereocenters. The van der Waals surface area contributed by atoms with E-state index in [1.54, 1.807) is 30.3 Å². The van der Waals surface area contributed by atoms with Gasteiger partial charge < -0.3 is 5.32 Å². The summed E-state index contributed by atoms with van der Waals surface area (Å²) in [6.07, 6.45) is 0. The molecule has 20 heavy (non-hydrogen) atoms. The minimum Gasteiger partial charge on any atom is -0.322 e. The van der Waals surface area contributed by atoms with E-state index in [4.69, 9.17) is 28.5 Å². The Bertz CT molecular complexity index is 726. The van der Waals surface area contributed by atoms with E-state index in [2.05, 4.69) is 21.2 Å². The van der Waals surface area contributed by atoms with Crippen molar-refractivity contribution in [3.63, 3.8) is 0 Å². The highest BCUT2D eigenvalue weighted by molar-refractivity contribution is 9.10. The van der Waals surface area contributed by atoms with Crippen molar-refractivity contribution >= 4 is 50.7 Å². The third-order valence-electron chi connectivity index (χ3n) is 2.53. The van der Waals surface area contributed by atoms with Gasteiger partial charge in [-0.1, -0.05) is 23.2 Å². The molecule has 0 fully saturated rings. The molecule has 0 aliphatic rings. The summed E-state index contributed by atoms with van der Waals surface area (Å²) < 4.78 is 0.720. The highest BCUT2D eigenvalue weighted by Gasteiger charge is 2.09. The molecule has 0 saturated carbocycles. The number of benzene rings is 2. The maximum Gasteiger partial charge on any atom is 0.255 e. The van der Waals surface area contributed by atoms with Crippen LogP contribution in [0.15, 0.2) is 40.9 Å². The van der Waals surface area contributed by atoms with Crippen LogP contribution in [0.1, 0.15) is 15.9 Å². The second-order valence-electron chi connectivity index (χ2n) is 3.89. The Hall–Kier alpha value is -1.54. The SMILES string of the molecule is N#Cc1ccc(NC(=O)c2ccc(Br)c(Cl)c2)cc1Cl. The summed E-state index contributed by atoms with van der Waals surface area (Å²) in [5.74, 6) is -0.305. The molecule has 0 unspecified atom stereocenters. The standard InChI is InChI=1S/C14H7BrCl2N2O/c15-11-4-2-8(5-13(11)17)14(20)19-10-3-1-9(7-18)12(16)6-10/h1-6H,(H,19,20). The number of hydrogen-bond acceptors (Lipinski definition) is 2. The number of anilines is 1. The van der Waals surface area contributed by atoms with Crippen molar-refractivity contribution in [1.82, 2.24) is 0 Å². The van der Waals surface area contributed by atoms with Crippen LogP contribution in [0.3, 0.4) is 0 Å². The Morgan fingerprint density at radius 2 is 1.90 bits per heavy atom. The van der Waals surface area contributed by atoms with Crippen molar-refractivity contribution < 1.29 is 4.79 Å². The first-order valence-corrected chi connectivity index (χ1v) is 7.02. The highest BCUT2D eigenvalue weighted by atomic mass is 79.9. The Morgan fingerprint density at radius 3 is 2.50 bits per heavy atom. The molecule has 0 aliphatic carbocycles. The van der Waals surface area contributed by atoms with Gasteiger partial charge in [0.25, 0.3) is 5.91 Å². The van der Waals surface area contributed by atoms with Gasteiger partial charge in [0, 0.05) is 15.7 Å². The lowest BCUT2D eigenvalue weighted by Crippen LogP contribution is -2.11. The van der Waals surface area contributed by atoms with Gasteiger partial charge >= 0.3 is 0 Å². The van der Waals surface area contributed by atoms with Crippen molar-refractivity contribution in [1.29, 1.82) is 5.26 Å². The average molecular weight is 370 g/mol. The third-order valence-corrected chi connectivity index (χ3v) is 4.07. The molecule has 3 nitrogen and oxygen atoms in total. The molecule has 0 aromatic heterocycles. The van der Waals surface area contributed by atoms with Gasteiger partial charge in [0.2, 0.25) is 0 Å². The summed E-state index contributed by atoms with van der Waals surface area (Å²) in [6.45, 7) is 0. The second-order valence-corrected chi connectivity index (χ2v) is 5.56. The molecular formula is C14H7BrCl2N2O. The lowest BCUT2D eigenvalue weighted by Gasteiger charge is -2.07. The normalized spacial score (nSPS) is 9.90. The predicted molar refractivity (Wildman–Crippen MR) is 83.3 cm³/mol. The Labute approximate surface area is 134 Å². The number of nitriles is 1. The third kappa shape index (κ3) is 3.31. The Kier molecular flexibility index (Phi) is 4.66. The van der Waals surface area contributed by atoms with Crippen LogP contribution in [0.25, 0.3) is 0 Å². The number of rotatable bonds is 2. The number of halogens is 3. The maximum atomic E-state index is 12.1. The van der Waals surface area contributed by atoms with E-state index >= 15 is 0 Å². The van der Waals surface area contributed by atoms with Crippen LogP contribution in [-0.2, 0) is 0 Å². The monoisotopic (exact) mass is 368 g/mol. The molecule has 0 spiro atoms. The summed E-state index contributed by atoms with van der Waals surface area (Å²) >= 11 is 15.1. The summed E-state index contributed by atoms with van der Waals surface area (Å²) in [6, 6.07) is 11.6. The summed E-state index contributed by atoms with van der Waals surface area (Å²) in [5.41, 5.74) is 1.30. The molecule has 0 saturated heterocycles. The van der Waals surface area contributed by atoms with Gasteiger partial charge in [-0.2, -0.15) is 5.26 Å². The molecule has 1 amide bonds. The van der Waals surface area contributed by atoms with E-state index in [0.717, 1.165) is 4.47 Å². The van der Waals surface area contributed by atoms with Gasteiger partial charge in [-0.15, -0.1) is 0 Å². The van der Waals surface area contributed by atoms with Crippen LogP contribution in [-0.4, -0.2) is 5.91 Å². The minimum absolute atomic E-state index is 0.291. The molecule has 0 bridgehead atoms. The zero-order valence-electron chi connectivity index (χ0n) is 9.95. The van der Waals surface area contributed by atoms with Crippen LogP contribution in [0.2, 0.25) is 10.0 Å². The fourth-order valence-electron chi connectivity index (χ4n) is 1.52. The van der Waals surface area contributed by atoms with Crippen LogP contribution in [0.4, 0.5) is 5.69 Å². The first kappa shape index (κ1) is 14.9. The van der Waals surface area contributed by atoms with Gasteiger partial charge in [-0.25, -0.2) is 0 Å². The van der Waals surface area contributed by atoms with E-state index in [0.29, 0.717) is 26.9 Å². The zero-order chi connectivity index (χ0) is 14.7. The van der Waals surface area contributed by atoms with Gasteiger partial charge in [-0.3, -0.25) is 4.79 Å². The van der Waals surface area contributed by atoms with Crippen molar-refractivity contribution in [2.24, 2.45) is 0 Å². The van der Waals surface area contributed by atoms with Crippen molar-refractivity contribution in [3.8, 4) is 6.07 Å². The van der Waals surface area contributed by atoms with Gasteiger partial charge in [0.15, 0.2) is 0 Å². The number of nitrogens with zero attached hydrogens (tertiary/aromatic N) is 1. The van der Waals surface area contributed by atoms with E-state index in [1.807, 2.05) is 6.07 Å². The second kappa shape index (κ2) is 6.27. The van der Waals surface area contributed by atoms with Gasteiger partial charge in [0.05, 0.1) is 15.6 Å². The molecular weight excluding hydrogens is 363 g/mol. The van der Waals surface area contributed by atoms with Crippen LogP contribution >= 0.6 is 39.1 Å². The van der Waals surface area contributed by atoms with Crippen LogP contribution in [0.5, 0.6) is 0 Å². The lowest BCUT2D eigenvalue weighted by atomic mass is 10.2. The van der Waals surface area contributed by atoms with Crippen molar-refractivity contribution in [2.75, 3.05) is 5.32 Å². The fourth-order valence-corrected chi connectivity index (χ4v) is 2.17. The topological polar surface area (TPSA) is 52.9 Å². The molecule has 100 valence electrons. The quantitative estimate of drug-likeness (QED) is 0.820. The number of hydrogen-bond donors (Lipinski definition) is 1.